The lowest BCUT2D eigenvalue weighted by Crippen LogP contribution is -2.48. The van der Waals surface area contributed by atoms with Gasteiger partial charge in [-0.1, -0.05) is 6.08 Å². The van der Waals surface area contributed by atoms with E-state index in [9.17, 15) is 23.1 Å². The molecule has 3 aliphatic rings. The summed E-state index contributed by atoms with van der Waals surface area (Å²) in [4.78, 5) is 13.0. The van der Waals surface area contributed by atoms with Crippen LogP contribution in [0.3, 0.4) is 0 Å². The van der Waals surface area contributed by atoms with Crippen LogP contribution in [0.25, 0.3) is 0 Å². The molecule has 2 aliphatic heterocycles. The minimum atomic E-state index is -4.38. The third-order valence-corrected chi connectivity index (χ3v) is 4.38. The van der Waals surface area contributed by atoms with Crippen molar-refractivity contribution in [2.75, 3.05) is 6.73 Å². The van der Waals surface area contributed by atoms with E-state index in [1.165, 1.54) is 4.90 Å². The van der Waals surface area contributed by atoms with Crippen LogP contribution in [-0.2, 0) is 4.79 Å². The molecule has 7 heteroatoms. The minimum Gasteiger partial charge on any atom is -0.376 e. The van der Waals surface area contributed by atoms with Gasteiger partial charge in [-0.2, -0.15) is 13.2 Å². The van der Waals surface area contributed by atoms with Gasteiger partial charge in [0.15, 0.2) is 0 Å². The van der Waals surface area contributed by atoms with Crippen LogP contribution in [0.5, 0.6) is 0 Å². The highest BCUT2D eigenvalue weighted by Crippen LogP contribution is 2.48. The third-order valence-electron chi connectivity index (χ3n) is 4.38. The molecule has 0 radical (unpaired) electrons. The van der Waals surface area contributed by atoms with E-state index in [-0.39, 0.29) is 37.1 Å². The molecule has 0 fully saturated rings. The zero-order valence-corrected chi connectivity index (χ0v) is 10.7. The summed E-state index contributed by atoms with van der Waals surface area (Å²) in [6.07, 6.45) is -0.386. The number of nitrogens with zero attached hydrogens (tertiary/aromatic N) is 1. The highest BCUT2D eigenvalue weighted by Gasteiger charge is 2.52. The van der Waals surface area contributed by atoms with E-state index in [4.69, 9.17) is 0 Å². The first kappa shape index (κ1) is 13.5. The van der Waals surface area contributed by atoms with Crippen molar-refractivity contribution >= 4 is 5.91 Å². The first-order valence-electron chi connectivity index (χ1n) is 6.54. The molecule has 20 heavy (non-hydrogen) atoms. The van der Waals surface area contributed by atoms with E-state index in [0.29, 0.717) is 12.0 Å². The molecule has 0 aromatic rings. The van der Waals surface area contributed by atoms with E-state index < -0.39 is 18.1 Å². The second-order valence-electron chi connectivity index (χ2n) is 5.44. The number of aliphatic hydroxyl groups is 1. The Hall–Kier alpha value is -1.50. The lowest BCUT2D eigenvalue weighted by atomic mass is 9.73. The van der Waals surface area contributed by atoms with Crippen LogP contribution in [-0.4, -0.2) is 34.9 Å². The molecule has 0 aromatic carbocycles. The lowest BCUT2D eigenvalue weighted by molar-refractivity contribution is -0.173. The number of fused-ring (bicyclic) bond motifs is 2. The van der Waals surface area contributed by atoms with Crippen molar-refractivity contribution in [1.29, 1.82) is 0 Å². The standard InChI is InChI=1S/C13H15F3N2O2/c14-13(15,16)9-5-10-7(2-1-3-18(10)6-19)8-4-11(20)17-12(8)9/h1,3,7,9-10,19H,2,4-6H2,(H,17,20). The topological polar surface area (TPSA) is 52.6 Å². The first-order chi connectivity index (χ1) is 9.41. The molecule has 2 heterocycles. The molecule has 2 N–H and O–H groups in total. The number of aliphatic hydroxyl groups excluding tert-OH is 1. The van der Waals surface area contributed by atoms with Crippen molar-refractivity contribution in [3.63, 3.8) is 0 Å². The predicted octanol–water partition coefficient (Wildman–Crippen LogP) is 1.50. The van der Waals surface area contributed by atoms with Gasteiger partial charge in [-0.15, -0.1) is 0 Å². The Balaban J connectivity index is 2.01. The summed E-state index contributed by atoms with van der Waals surface area (Å²) >= 11 is 0. The highest BCUT2D eigenvalue weighted by molar-refractivity contribution is 5.84. The van der Waals surface area contributed by atoms with Gasteiger partial charge in [0.2, 0.25) is 5.91 Å². The molecule has 3 atom stereocenters. The quantitative estimate of drug-likeness (QED) is 0.769. The normalized spacial score (nSPS) is 33.1. The van der Waals surface area contributed by atoms with Crippen LogP contribution in [0.4, 0.5) is 13.2 Å². The monoisotopic (exact) mass is 288 g/mol. The molecule has 0 spiro atoms. The predicted molar refractivity (Wildman–Crippen MR) is 63.9 cm³/mol. The van der Waals surface area contributed by atoms with Gasteiger partial charge in [-0.25, -0.2) is 0 Å². The van der Waals surface area contributed by atoms with E-state index in [1.807, 2.05) is 6.08 Å². The number of allylic oxidation sites excluding steroid dienone is 2. The summed E-state index contributed by atoms with van der Waals surface area (Å²) in [5, 5.41) is 11.7. The van der Waals surface area contributed by atoms with Crippen LogP contribution in [0, 0.1) is 11.8 Å². The number of amides is 1. The van der Waals surface area contributed by atoms with Gasteiger partial charge in [0.1, 0.15) is 6.73 Å². The molecule has 0 saturated carbocycles. The van der Waals surface area contributed by atoms with Crippen LogP contribution in [0.2, 0.25) is 0 Å². The van der Waals surface area contributed by atoms with Crippen molar-refractivity contribution in [1.82, 2.24) is 10.2 Å². The van der Waals surface area contributed by atoms with Crippen molar-refractivity contribution in [3.8, 4) is 0 Å². The van der Waals surface area contributed by atoms with Crippen LogP contribution in [0.1, 0.15) is 19.3 Å². The molecule has 3 rings (SSSR count). The summed E-state index contributed by atoms with van der Waals surface area (Å²) in [5.74, 6) is -2.14. The van der Waals surface area contributed by atoms with E-state index in [0.717, 1.165) is 0 Å². The molecular weight excluding hydrogens is 273 g/mol. The van der Waals surface area contributed by atoms with E-state index >= 15 is 0 Å². The molecule has 110 valence electrons. The van der Waals surface area contributed by atoms with Gasteiger partial charge < -0.3 is 15.3 Å². The van der Waals surface area contributed by atoms with Crippen molar-refractivity contribution in [3.05, 3.63) is 23.5 Å². The summed E-state index contributed by atoms with van der Waals surface area (Å²) < 4.78 is 39.6. The van der Waals surface area contributed by atoms with Gasteiger partial charge in [-0.3, -0.25) is 4.79 Å². The average Bonchev–Trinajstić information content (AvgIpc) is 2.77. The number of alkyl halides is 3. The SMILES string of the molecule is O=C1CC2=C(N1)C(C(F)(F)F)CC1C2CC=CN1CO. The largest absolute Gasteiger partial charge is 0.397 e. The van der Waals surface area contributed by atoms with Crippen molar-refractivity contribution in [2.24, 2.45) is 11.8 Å². The van der Waals surface area contributed by atoms with Crippen molar-refractivity contribution in [2.45, 2.75) is 31.5 Å². The van der Waals surface area contributed by atoms with Gasteiger partial charge in [0, 0.05) is 17.7 Å². The first-order valence-corrected chi connectivity index (χ1v) is 6.54. The summed E-state index contributed by atoms with van der Waals surface area (Å²) in [6, 6.07) is -0.400. The van der Waals surface area contributed by atoms with Gasteiger partial charge in [0.25, 0.3) is 0 Å². The molecule has 0 aromatic heterocycles. The molecule has 0 bridgehead atoms. The lowest BCUT2D eigenvalue weighted by Gasteiger charge is -2.44. The maximum absolute atomic E-state index is 13.2. The molecule has 3 unspecified atom stereocenters. The fourth-order valence-electron chi connectivity index (χ4n) is 3.51. The number of carbonyl (C=O) groups excluding carboxylic acids is 1. The zero-order valence-electron chi connectivity index (χ0n) is 10.7. The third kappa shape index (κ3) is 2.00. The second kappa shape index (κ2) is 4.51. The Labute approximate surface area is 113 Å². The average molecular weight is 288 g/mol. The zero-order chi connectivity index (χ0) is 14.5. The number of hydrogen-bond donors (Lipinski definition) is 2. The second-order valence-corrected chi connectivity index (χ2v) is 5.44. The van der Waals surface area contributed by atoms with Crippen LogP contribution >= 0.6 is 0 Å². The molecule has 1 amide bonds. The highest BCUT2D eigenvalue weighted by atomic mass is 19.4. The number of hydrogen-bond acceptors (Lipinski definition) is 3. The Morgan fingerprint density at radius 1 is 1.45 bits per heavy atom. The van der Waals surface area contributed by atoms with Crippen LogP contribution < -0.4 is 5.32 Å². The molecule has 4 nitrogen and oxygen atoms in total. The number of carbonyl (C=O) groups is 1. The number of halogens is 3. The fraction of sp³-hybridized carbons (Fsp3) is 0.615. The van der Waals surface area contributed by atoms with Crippen LogP contribution in [0.15, 0.2) is 23.5 Å². The smallest absolute Gasteiger partial charge is 0.376 e. The molecular formula is C13H15F3N2O2. The maximum atomic E-state index is 13.2. The minimum absolute atomic E-state index is 0.0379. The number of nitrogens with one attached hydrogen (secondary N) is 1. The summed E-state index contributed by atoms with van der Waals surface area (Å²) in [6.45, 7) is -0.313. The molecule has 0 saturated heterocycles. The Morgan fingerprint density at radius 2 is 2.20 bits per heavy atom. The maximum Gasteiger partial charge on any atom is 0.397 e. The van der Waals surface area contributed by atoms with E-state index in [2.05, 4.69) is 5.32 Å². The van der Waals surface area contributed by atoms with Gasteiger partial charge in [0.05, 0.1) is 12.3 Å². The Morgan fingerprint density at radius 3 is 2.85 bits per heavy atom. The van der Waals surface area contributed by atoms with Gasteiger partial charge in [-0.05, 0) is 24.6 Å². The molecule has 1 aliphatic carbocycles. The number of rotatable bonds is 1. The Kier molecular flexibility index (Phi) is 3.04. The fourth-order valence-corrected chi connectivity index (χ4v) is 3.51. The van der Waals surface area contributed by atoms with E-state index in [1.54, 1.807) is 6.20 Å². The summed E-state index contributed by atoms with van der Waals surface area (Å²) in [7, 11) is 0. The van der Waals surface area contributed by atoms with Gasteiger partial charge >= 0.3 is 6.18 Å². The van der Waals surface area contributed by atoms with Crippen molar-refractivity contribution < 1.29 is 23.1 Å². The Bertz CT molecular complexity index is 498. The summed E-state index contributed by atoms with van der Waals surface area (Å²) in [5.41, 5.74) is 0.619.